The van der Waals surface area contributed by atoms with Crippen LogP contribution in [-0.2, 0) is 14.3 Å². The molecule has 0 fully saturated rings. The maximum absolute atomic E-state index is 11.2. The molecule has 0 amide bonds. The summed E-state index contributed by atoms with van der Waals surface area (Å²) in [6.07, 6.45) is 8.50. The fraction of sp³-hybridized carbons (Fsp3) is 0.600. The molecule has 0 aliphatic carbocycles. The van der Waals surface area contributed by atoms with E-state index in [1.807, 2.05) is 6.92 Å². The highest BCUT2D eigenvalue weighted by Crippen LogP contribution is 2.05. The van der Waals surface area contributed by atoms with Crippen LogP contribution in [0.1, 0.15) is 26.2 Å². The summed E-state index contributed by atoms with van der Waals surface area (Å²) in [5, 5.41) is 0. The van der Waals surface area contributed by atoms with E-state index in [1.165, 1.54) is 6.08 Å². The molecule has 0 N–H and O–H groups in total. The zero-order valence-electron chi connectivity index (χ0n) is 8.16. The summed E-state index contributed by atoms with van der Waals surface area (Å²) < 4.78 is 4.66. The third-order valence-electron chi connectivity index (χ3n) is 1.61. The first-order valence-corrected chi connectivity index (χ1v) is 4.43. The molecule has 0 saturated carbocycles. The Balaban J connectivity index is 4.12. The Labute approximate surface area is 83.4 Å². The van der Waals surface area contributed by atoms with E-state index in [4.69, 9.17) is 6.42 Å². The van der Waals surface area contributed by atoms with E-state index in [0.29, 0.717) is 6.42 Å². The van der Waals surface area contributed by atoms with E-state index in [-0.39, 0.29) is 6.61 Å². The number of carbonyl (C=O) groups is 1. The van der Waals surface area contributed by atoms with Crippen molar-refractivity contribution in [1.82, 2.24) is 0 Å². The number of unbranched alkanes of at least 4 members (excludes halogenated alkanes) is 1. The van der Waals surface area contributed by atoms with Crippen LogP contribution in [0.15, 0.2) is 4.99 Å². The van der Waals surface area contributed by atoms with Crippen molar-refractivity contribution in [2.45, 2.75) is 32.2 Å². The number of esters is 1. The van der Waals surface area contributed by atoms with Gasteiger partial charge in [-0.05, 0) is 6.42 Å². The van der Waals surface area contributed by atoms with E-state index >= 15 is 0 Å². The lowest BCUT2D eigenvalue weighted by Gasteiger charge is -2.07. The van der Waals surface area contributed by atoms with E-state index in [0.717, 1.165) is 12.8 Å². The highest BCUT2D eigenvalue weighted by molar-refractivity contribution is 5.77. The van der Waals surface area contributed by atoms with Crippen molar-refractivity contribution in [2.75, 3.05) is 6.61 Å². The summed E-state index contributed by atoms with van der Waals surface area (Å²) in [4.78, 5) is 24.6. The van der Waals surface area contributed by atoms with E-state index < -0.39 is 12.0 Å². The molecule has 0 aliphatic rings. The smallest absolute Gasteiger partial charge is 0.332 e. The highest BCUT2D eigenvalue weighted by atomic mass is 16.5. The molecule has 0 saturated heterocycles. The number of ether oxygens (including phenoxy) is 1. The average molecular weight is 195 g/mol. The van der Waals surface area contributed by atoms with Crippen LogP contribution < -0.4 is 0 Å². The van der Waals surface area contributed by atoms with Crippen LogP contribution in [0.4, 0.5) is 0 Å². The lowest BCUT2D eigenvalue weighted by Crippen LogP contribution is -2.21. The molecule has 0 aliphatic heterocycles. The van der Waals surface area contributed by atoms with Crippen molar-refractivity contribution >= 4 is 12.0 Å². The molecular formula is C10H13NO3. The molecule has 0 aromatic carbocycles. The molecule has 0 heterocycles. The van der Waals surface area contributed by atoms with Crippen molar-refractivity contribution in [3.63, 3.8) is 0 Å². The van der Waals surface area contributed by atoms with Gasteiger partial charge in [0.2, 0.25) is 6.08 Å². The Bertz CT molecular complexity index is 261. The quantitative estimate of drug-likeness (QED) is 0.275. The first-order chi connectivity index (χ1) is 6.76. The number of hydrogen-bond donors (Lipinski definition) is 0. The lowest BCUT2D eigenvalue weighted by molar-refractivity contribution is -0.143. The van der Waals surface area contributed by atoms with Crippen molar-refractivity contribution in [2.24, 2.45) is 4.99 Å². The Morgan fingerprint density at radius 1 is 1.64 bits per heavy atom. The molecule has 4 heteroatoms. The molecule has 1 unspecified atom stereocenters. The van der Waals surface area contributed by atoms with Gasteiger partial charge in [-0.1, -0.05) is 25.7 Å². The number of carbonyl (C=O) groups excluding carboxylic acids is 2. The van der Waals surface area contributed by atoms with Crippen molar-refractivity contribution in [3.8, 4) is 12.3 Å². The van der Waals surface area contributed by atoms with Gasteiger partial charge in [-0.15, -0.1) is 6.42 Å². The Morgan fingerprint density at radius 3 is 2.86 bits per heavy atom. The van der Waals surface area contributed by atoms with Crippen LogP contribution in [0.2, 0.25) is 0 Å². The van der Waals surface area contributed by atoms with E-state index in [2.05, 4.69) is 15.6 Å². The molecule has 14 heavy (non-hydrogen) atoms. The Kier molecular flexibility index (Phi) is 7.12. The summed E-state index contributed by atoms with van der Waals surface area (Å²) in [6.45, 7) is 1.89. The maximum atomic E-state index is 11.2. The van der Waals surface area contributed by atoms with Gasteiger partial charge < -0.3 is 4.74 Å². The minimum Gasteiger partial charge on any atom is -0.451 e. The fourth-order valence-electron chi connectivity index (χ4n) is 0.905. The van der Waals surface area contributed by atoms with Gasteiger partial charge in [-0.2, -0.15) is 4.99 Å². The normalized spacial score (nSPS) is 10.9. The second-order valence-electron chi connectivity index (χ2n) is 2.69. The van der Waals surface area contributed by atoms with Gasteiger partial charge >= 0.3 is 5.97 Å². The SMILES string of the molecule is C#CCOC(=O)C(CCCC)N=C=O. The predicted molar refractivity (Wildman–Crippen MR) is 51.2 cm³/mol. The molecule has 0 spiro atoms. The van der Waals surface area contributed by atoms with Crippen molar-refractivity contribution in [1.29, 1.82) is 0 Å². The highest BCUT2D eigenvalue weighted by Gasteiger charge is 2.17. The van der Waals surface area contributed by atoms with Gasteiger partial charge in [0.05, 0.1) is 0 Å². The average Bonchev–Trinajstić information content (AvgIpc) is 2.20. The summed E-state index contributed by atoms with van der Waals surface area (Å²) in [7, 11) is 0. The van der Waals surface area contributed by atoms with Gasteiger partial charge in [0.25, 0.3) is 0 Å². The van der Waals surface area contributed by atoms with Gasteiger partial charge in [0.1, 0.15) is 0 Å². The predicted octanol–water partition coefficient (Wildman–Crippen LogP) is 1.06. The Hall–Kier alpha value is -1.59. The minimum absolute atomic E-state index is 0.0875. The molecule has 0 aromatic heterocycles. The second kappa shape index (κ2) is 8.03. The van der Waals surface area contributed by atoms with E-state index in [9.17, 15) is 9.59 Å². The first kappa shape index (κ1) is 12.4. The largest absolute Gasteiger partial charge is 0.451 e. The molecule has 0 bridgehead atoms. The number of aliphatic imine (C=N–C) groups is 1. The summed E-state index contributed by atoms with van der Waals surface area (Å²) in [5.74, 6) is 1.61. The first-order valence-electron chi connectivity index (χ1n) is 4.43. The third kappa shape index (κ3) is 5.13. The molecular weight excluding hydrogens is 182 g/mol. The molecule has 76 valence electrons. The molecule has 4 nitrogen and oxygen atoms in total. The number of isocyanates is 1. The summed E-state index contributed by atoms with van der Waals surface area (Å²) in [6, 6.07) is -0.749. The monoisotopic (exact) mass is 195 g/mol. The molecule has 0 aromatic rings. The van der Waals surface area contributed by atoms with Crippen LogP contribution in [-0.4, -0.2) is 24.7 Å². The third-order valence-corrected chi connectivity index (χ3v) is 1.61. The zero-order valence-corrected chi connectivity index (χ0v) is 8.16. The second-order valence-corrected chi connectivity index (χ2v) is 2.69. The summed E-state index contributed by atoms with van der Waals surface area (Å²) in [5.41, 5.74) is 0. The van der Waals surface area contributed by atoms with Crippen molar-refractivity contribution < 1.29 is 14.3 Å². The fourth-order valence-corrected chi connectivity index (χ4v) is 0.905. The zero-order chi connectivity index (χ0) is 10.8. The lowest BCUT2D eigenvalue weighted by atomic mass is 10.1. The summed E-state index contributed by atoms with van der Waals surface area (Å²) >= 11 is 0. The van der Waals surface area contributed by atoms with Gasteiger partial charge in [0, 0.05) is 0 Å². The number of rotatable bonds is 6. The van der Waals surface area contributed by atoms with Gasteiger partial charge in [-0.25, -0.2) is 9.59 Å². The van der Waals surface area contributed by atoms with Crippen LogP contribution in [0.3, 0.4) is 0 Å². The standard InChI is InChI=1S/C10H13NO3/c1-3-5-6-9(11-8-12)10(13)14-7-4-2/h2,9H,3,5-7H2,1H3. The molecule has 1 atom stereocenters. The molecule has 0 rings (SSSR count). The number of terminal acetylenes is 1. The van der Waals surface area contributed by atoms with Crippen LogP contribution in [0, 0.1) is 12.3 Å². The van der Waals surface area contributed by atoms with Crippen LogP contribution in [0.25, 0.3) is 0 Å². The number of hydrogen-bond acceptors (Lipinski definition) is 4. The molecule has 0 radical (unpaired) electrons. The van der Waals surface area contributed by atoms with Crippen LogP contribution >= 0.6 is 0 Å². The maximum Gasteiger partial charge on any atom is 0.332 e. The van der Waals surface area contributed by atoms with Gasteiger partial charge in [-0.3, -0.25) is 0 Å². The number of nitrogens with zero attached hydrogens (tertiary/aromatic N) is 1. The van der Waals surface area contributed by atoms with Crippen LogP contribution in [0.5, 0.6) is 0 Å². The van der Waals surface area contributed by atoms with Crippen molar-refractivity contribution in [3.05, 3.63) is 0 Å². The van der Waals surface area contributed by atoms with Gasteiger partial charge in [0.15, 0.2) is 12.6 Å². The van der Waals surface area contributed by atoms with E-state index in [1.54, 1.807) is 0 Å². The Morgan fingerprint density at radius 2 is 2.36 bits per heavy atom. The minimum atomic E-state index is -0.749. The topological polar surface area (TPSA) is 55.7 Å².